The second-order valence-corrected chi connectivity index (χ2v) is 5.40. The average Bonchev–Trinajstić information content (AvgIpc) is 3.05. The Morgan fingerprint density at radius 3 is 2.80 bits per heavy atom. The van der Waals surface area contributed by atoms with Crippen molar-refractivity contribution in [1.82, 2.24) is 20.4 Å². The lowest BCUT2D eigenvalue weighted by molar-refractivity contribution is 0.0874. The number of likely N-dealkylation sites (tertiary alicyclic amines) is 1. The number of carbonyl (C=O) groups is 1. The molecule has 112 valence electrons. The predicted molar refractivity (Wildman–Crippen MR) is 76.7 cm³/mol. The lowest BCUT2D eigenvalue weighted by Gasteiger charge is -2.19. The number of aliphatic hydroxyl groups is 1. The first kappa shape index (κ1) is 15.0. The number of aryl methyl sites for hydroxylation is 1. The van der Waals surface area contributed by atoms with Crippen LogP contribution in [0, 0.1) is 6.92 Å². The highest BCUT2D eigenvalue weighted by atomic mass is 16.3. The number of carbonyl (C=O) groups excluding carboxylic acids is 1. The molecule has 1 atom stereocenters. The molecular formula is C14H24N4O2. The van der Waals surface area contributed by atoms with Crippen LogP contribution in [0.5, 0.6) is 0 Å². The lowest BCUT2D eigenvalue weighted by Crippen LogP contribution is -2.39. The first-order chi connectivity index (χ1) is 9.61. The monoisotopic (exact) mass is 280 g/mol. The molecule has 6 nitrogen and oxygen atoms in total. The molecule has 0 aliphatic carbocycles. The van der Waals surface area contributed by atoms with Gasteiger partial charge in [0.1, 0.15) is 0 Å². The Hall–Kier alpha value is -1.40. The fourth-order valence-electron chi connectivity index (χ4n) is 2.62. The third-order valence-electron chi connectivity index (χ3n) is 3.85. The standard InChI is InChI=1S/C14H24N4O2/c1-3-12-10(2)13(17-16-12)14(20)15-8-11(19)9-18-6-4-5-7-18/h11,19H,3-9H2,1-2H3,(H,15,20)(H,16,17). The van der Waals surface area contributed by atoms with Gasteiger partial charge in [-0.15, -0.1) is 0 Å². The summed E-state index contributed by atoms with van der Waals surface area (Å²) in [6, 6.07) is 0. The zero-order valence-corrected chi connectivity index (χ0v) is 12.3. The van der Waals surface area contributed by atoms with Gasteiger partial charge in [0, 0.05) is 24.3 Å². The number of aliphatic hydroxyl groups excluding tert-OH is 1. The summed E-state index contributed by atoms with van der Waals surface area (Å²) in [6.07, 6.45) is 2.70. The topological polar surface area (TPSA) is 81.2 Å². The summed E-state index contributed by atoms with van der Waals surface area (Å²) in [4.78, 5) is 14.2. The zero-order chi connectivity index (χ0) is 14.5. The van der Waals surface area contributed by atoms with E-state index in [9.17, 15) is 9.90 Å². The minimum atomic E-state index is -0.526. The van der Waals surface area contributed by atoms with Crippen LogP contribution in [0.15, 0.2) is 0 Å². The number of nitrogens with zero attached hydrogens (tertiary/aromatic N) is 2. The molecule has 20 heavy (non-hydrogen) atoms. The summed E-state index contributed by atoms with van der Waals surface area (Å²) in [5.74, 6) is -0.223. The summed E-state index contributed by atoms with van der Waals surface area (Å²) in [5.41, 5.74) is 2.29. The minimum Gasteiger partial charge on any atom is -0.390 e. The van der Waals surface area contributed by atoms with Crippen LogP contribution in [-0.4, -0.2) is 58.4 Å². The van der Waals surface area contributed by atoms with Crippen molar-refractivity contribution >= 4 is 5.91 Å². The highest BCUT2D eigenvalue weighted by Gasteiger charge is 2.18. The zero-order valence-electron chi connectivity index (χ0n) is 12.3. The van der Waals surface area contributed by atoms with E-state index < -0.39 is 6.10 Å². The first-order valence-electron chi connectivity index (χ1n) is 7.34. The van der Waals surface area contributed by atoms with E-state index in [1.165, 1.54) is 12.8 Å². The third-order valence-corrected chi connectivity index (χ3v) is 3.85. The van der Waals surface area contributed by atoms with Crippen molar-refractivity contribution in [3.63, 3.8) is 0 Å². The number of rotatable bonds is 6. The summed E-state index contributed by atoms with van der Waals surface area (Å²) in [5, 5.41) is 19.6. The molecule has 1 aliphatic rings. The maximum atomic E-state index is 12.0. The predicted octanol–water partition coefficient (Wildman–Crippen LogP) is 0.467. The molecule has 1 unspecified atom stereocenters. The fourth-order valence-corrected chi connectivity index (χ4v) is 2.62. The molecule has 6 heteroatoms. The van der Waals surface area contributed by atoms with E-state index in [0.29, 0.717) is 12.2 Å². The molecule has 0 spiro atoms. The van der Waals surface area contributed by atoms with Gasteiger partial charge in [-0.25, -0.2) is 0 Å². The molecule has 3 N–H and O–H groups in total. The number of nitrogens with one attached hydrogen (secondary N) is 2. The van der Waals surface area contributed by atoms with Gasteiger partial charge in [0.15, 0.2) is 5.69 Å². The van der Waals surface area contributed by atoms with Gasteiger partial charge in [0.05, 0.1) is 6.10 Å². The number of β-amino-alcohol motifs (C(OH)–C–C–N with tert-alkyl or cyclic N) is 1. The molecule has 0 saturated carbocycles. The molecule has 1 aromatic heterocycles. The van der Waals surface area contributed by atoms with Gasteiger partial charge in [-0.3, -0.25) is 9.89 Å². The van der Waals surface area contributed by atoms with E-state index in [4.69, 9.17) is 0 Å². The average molecular weight is 280 g/mol. The Morgan fingerprint density at radius 2 is 2.20 bits per heavy atom. The van der Waals surface area contributed by atoms with Crippen molar-refractivity contribution in [2.75, 3.05) is 26.2 Å². The molecule has 2 rings (SSSR count). The second kappa shape index (κ2) is 6.85. The van der Waals surface area contributed by atoms with Crippen molar-refractivity contribution in [2.24, 2.45) is 0 Å². The van der Waals surface area contributed by atoms with E-state index in [-0.39, 0.29) is 12.5 Å². The van der Waals surface area contributed by atoms with E-state index in [0.717, 1.165) is 30.8 Å². The van der Waals surface area contributed by atoms with Crippen LogP contribution in [0.1, 0.15) is 41.5 Å². The maximum absolute atomic E-state index is 12.0. The van der Waals surface area contributed by atoms with Crippen molar-refractivity contribution in [1.29, 1.82) is 0 Å². The number of H-pyrrole nitrogens is 1. The first-order valence-corrected chi connectivity index (χ1v) is 7.34. The van der Waals surface area contributed by atoms with Crippen LogP contribution in [0.4, 0.5) is 0 Å². The summed E-state index contributed by atoms with van der Waals surface area (Å²) in [7, 11) is 0. The largest absolute Gasteiger partial charge is 0.390 e. The molecular weight excluding hydrogens is 256 g/mol. The molecule has 1 saturated heterocycles. The summed E-state index contributed by atoms with van der Waals surface area (Å²) >= 11 is 0. The smallest absolute Gasteiger partial charge is 0.272 e. The number of aromatic amines is 1. The van der Waals surface area contributed by atoms with Gasteiger partial charge < -0.3 is 15.3 Å². The minimum absolute atomic E-state index is 0.223. The summed E-state index contributed by atoms with van der Waals surface area (Å²) in [6.45, 7) is 6.88. The van der Waals surface area contributed by atoms with Crippen LogP contribution in [0.25, 0.3) is 0 Å². The summed E-state index contributed by atoms with van der Waals surface area (Å²) < 4.78 is 0. The van der Waals surface area contributed by atoms with Crippen LogP contribution in [0.2, 0.25) is 0 Å². The van der Waals surface area contributed by atoms with Gasteiger partial charge in [-0.1, -0.05) is 6.92 Å². The van der Waals surface area contributed by atoms with Crippen molar-refractivity contribution in [3.8, 4) is 0 Å². The van der Waals surface area contributed by atoms with E-state index in [1.54, 1.807) is 0 Å². The fraction of sp³-hybridized carbons (Fsp3) is 0.714. The second-order valence-electron chi connectivity index (χ2n) is 5.40. The Bertz CT molecular complexity index is 452. The van der Waals surface area contributed by atoms with Gasteiger partial charge in [0.2, 0.25) is 0 Å². The third kappa shape index (κ3) is 3.58. The van der Waals surface area contributed by atoms with E-state index >= 15 is 0 Å². The lowest BCUT2D eigenvalue weighted by atomic mass is 10.1. The quantitative estimate of drug-likeness (QED) is 0.707. The molecule has 1 amide bonds. The Kier molecular flexibility index (Phi) is 5.14. The highest BCUT2D eigenvalue weighted by Crippen LogP contribution is 2.10. The molecule has 2 heterocycles. The van der Waals surface area contributed by atoms with Crippen molar-refractivity contribution < 1.29 is 9.90 Å². The molecule has 0 bridgehead atoms. The van der Waals surface area contributed by atoms with Gasteiger partial charge in [-0.05, 0) is 39.3 Å². The Labute approximate surface area is 119 Å². The number of aromatic nitrogens is 2. The Balaban J connectivity index is 1.80. The highest BCUT2D eigenvalue weighted by molar-refractivity contribution is 5.93. The van der Waals surface area contributed by atoms with Crippen molar-refractivity contribution in [2.45, 2.75) is 39.2 Å². The molecule has 1 aliphatic heterocycles. The molecule has 1 fully saturated rings. The SMILES string of the molecule is CCc1[nH]nc(C(=O)NCC(O)CN2CCCC2)c1C. The van der Waals surface area contributed by atoms with Crippen LogP contribution in [-0.2, 0) is 6.42 Å². The van der Waals surface area contributed by atoms with Gasteiger partial charge >= 0.3 is 0 Å². The normalized spacial score (nSPS) is 17.4. The van der Waals surface area contributed by atoms with Crippen LogP contribution in [0.3, 0.4) is 0 Å². The number of hydrogen-bond acceptors (Lipinski definition) is 4. The maximum Gasteiger partial charge on any atom is 0.272 e. The molecule has 0 aromatic carbocycles. The Morgan fingerprint density at radius 1 is 1.50 bits per heavy atom. The van der Waals surface area contributed by atoms with Crippen LogP contribution >= 0.6 is 0 Å². The van der Waals surface area contributed by atoms with Gasteiger partial charge in [0.25, 0.3) is 5.91 Å². The molecule has 1 aromatic rings. The van der Waals surface area contributed by atoms with Crippen LogP contribution < -0.4 is 5.32 Å². The van der Waals surface area contributed by atoms with E-state index in [2.05, 4.69) is 20.4 Å². The number of amides is 1. The molecule has 0 radical (unpaired) electrons. The van der Waals surface area contributed by atoms with E-state index in [1.807, 2.05) is 13.8 Å². The number of hydrogen-bond donors (Lipinski definition) is 3. The van der Waals surface area contributed by atoms with Crippen molar-refractivity contribution in [3.05, 3.63) is 17.0 Å². The van der Waals surface area contributed by atoms with Gasteiger partial charge in [-0.2, -0.15) is 5.10 Å².